The molecule has 0 aliphatic heterocycles. The van der Waals surface area contributed by atoms with Gasteiger partial charge in [0.1, 0.15) is 10.7 Å². The molecule has 0 bridgehead atoms. The van der Waals surface area contributed by atoms with Crippen LogP contribution in [-0.4, -0.2) is 47.7 Å². The molecule has 1 aromatic carbocycles. The molecule has 0 aliphatic rings. The number of hydrogen-bond donors (Lipinski definition) is 4. The van der Waals surface area contributed by atoms with Gasteiger partial charge in [0.05, 0.1) is 24.3 Å². The van der Waals surface area contributed by atoms with Crippen LogP contribution in [0.2, 0.25) is 0 Å². The maximum Gasteiger partial charge on any atom is 0.308 e. The van der Waals surface area contributed by atoms with Crippen molar-refractivity contribution in [2.75, 3.05) is 13.2 Å². The number of nitrogens with two attached hydrogens (primary N) is 2. The highest BCUT2D eigenvalue weighted by Crippen LogP contribution is 2.30. The van der Waals surface area contributed by atoms with Gasteiger partial charge in [-0.2, -0.15) is 4.99 Å². The van der Waals surface area contributed by atoms with E-state index in [9.17, 15) is 19.2 Å². The van der Waals surface area contributed by atoms with Crippen molar-refractivity contribution < 1.29 is 23.9 Å². The molecule has 2 amide bonds. The minimum atomic E-state index is -1.27. The van der Waals surface area contributed by atoms with E-state index in [-0.39, 0.29) is 49.3 Å². The number of rotatable bonds is 12. The number of aryl methyl sites for hydroxylation is 1. The van der Waals surface area contributed by atoms with Gasteiger partial charge in [0, 0.05) is 19.4 Å². The van der Waals surface area contributed by atoms with E-state index in [0.717, 1.165) is 11.3 Å². The smallest absolute Gasteiger partial charge is 0.308 e. The van der Waals surface area contributed by atoms with Gasteiger partial charge < -0.3 is 26.8 Å². The maximum atomic E-state index is 12.9. The molecular weight excluding hydrogens is 472 g/mol. The van der Waals surface area contributed by atoms with Gasteiger partial charge in [-0.05, 0) is 26.3 Å². The van der Waals surface area contributed by atoms with Gasteiger partial charge in [-0.15, -0.1) is 0 Å². The number of carbonyl (C=O) groups is 4. The summed E-state index contributed by atoms with van der Waals surface area (Å²) in [4.78, 5) is 58.2. The number of ether oxygens (including phenoxy) is 1. The number of carbonyl (C=O) groups excluding carboxylic acids is 4. The molecular formula is C23H30N6O5S. The summed E-state index contributed by atoms with van der Waals surface area (Å²) in [5.41, 5.74) is 10.5. The molecule has 1 unspecified atom stereocenters. The molecule has 188 valence electrons. The number of ketones is 1. The lowest BCUT2D eigenvalue weighted by molar-refractivity contribution is -0.145. The van der Waals surface area contributed by atoms with E-state index < -0.39 is 23.3 Å². The highest BCUT2D eigenvalue weighted by atomic mass is 32.1. The third kappa shape index (κ3) is 8.18. The predicted octanol–water partition coefficient (Wildman–Crippen LogP) is 1.42. The Kier molecular flexibility index (Phi) is 9.88. The zero-order valence-corrected chi connectivity index (χ0v) is 20.7. The van der Waals surface area contributed by atoms with Gasteiger partial charge in [0.15, 0.2) is 5.96 Å². The Hall–Kier alpha value is -3.80. The van der Waals surface area contributed by atoms with Gasteiger partial charge >= 0.3 is 5.97 Å². The van der Waals surface area contributed by atoms with Crippen molar-refractivity contribution in [2.45, 2.75) is 45.6 Å². The van der Waals surface area contributed by atoms with Crippen LogP contribution in [0.1, 0.15) is 54.0 Å². The second-order valence-corrected chi connectivity index (χ2v) is 8.79. The quantitative estimate of drug-likeness (QED) is 0.191. The summed E-state index contributed by atoms with van der Waals surface area (Å²) in [6.45, 7) is 4.91. The largest absolute Gasteiger partial charge is 0.466 e. The first-order valence-electron chi connectivity index (χ1n) is 10.9. The topological polar surface area (TPSA) is 179 Å². The zero-order valence-electron chi connectivity index (χ0n) is 19.9. The lowest BCUT2D eigenvalue weighted by Crippen LogP contribution is -2.49. The van der Waals surface area contributed by atoms with Crippen molar-refractivity contribution in [2.24, 2.45) is 16.5 Å². The predicted molar refractivity (Wildman–Crippen MR) is 132 cm³/mol. The monoisotopic (exact) mass is 502 g/mol. The maximum absolute atomic E-state index is 12.9. The van der Waals surface area contributed by atoms with Crippen LogP contribution in [0.5, 0.6) is 0 Å². The number of benzene rings is 1. The highest BCUT2D eigenvalue weighted by molar-refractivity contribution is 7.17. The summed E-state index contributed by atoms with van der Waals surface area (Å²) >= 11 is 1.02. The van der Waals surface area contributed by atoms with Crippen LogP contribution in [0.4, 0.5) is 5.13 Å². The molecule has 6 N–H and O–H groups in total. The van der Waals surface area contributed by atoms with Crippen molar-refractivity contribution in [3.8, 4) is 0 Å². The third-order valence-corrected chi connectivity index (χ3v) is 5.91. The summed E-state index contributed by atoms with van der Waals surface area (Å²) in [5.74, 6) is -1.78. The van der Waals surface area contributed by atoms with Crippen molar-refractivity contribution in [3.63, 3.8) is 0 Å². The molecule has 0 fully saturated rings. The first-order chi connectivity index (χ1) is 16.6. The highest BCUT2D eigenvalue weighted by Gasteiger charge is 2.38. The lowest BCUT2D eigenvalue weighted by atomic mass is 9.82. The van der Waals surface area contributed by atoms with E-state index in [1.54, 1.807) is 44.2 Å². The molecule has 2 aromatic rings. The molecule has 12 heteroatoms. The van der Waals surface area contributed by atoms with Crippen LogP contribution in [0, 0.1) is 6.92 Å². The number of guanidine groups is 1. The summed E-state index contributed by atoms with van der Waals surface area (Å²) in [6.07, 6.45) is -0.391. The SMILES string of the molecule is CCOC(=O)CC(CC(C)=O)(NC(=O)CCNC(=O)c1sc(N=C(N)N)nc1C)c1ccccc1. The Labute approximate surface area is 207 Å². The summed E-state index contributed by atoms with van der Waals surface area (Å²) < 4.78 is 5.09. The van der Waals surface area contributed by atoms with Gasteiger partial charge in [0.25, 0.3) is 5.91 Å². The summed E-state index contributed by atoms with van der Waals surface area (Å²) in [5, 5.41) is 5.77. The molecule has 0 spiro atoms. The molecule has 0 radical (unpaired) electrons. The molecule has 0 saturated heterocycles. The van der Waals surface area contributed by atoms with Crippen molar-refractivity contribution in [3.05, 3.63) is 46.5 Å². The van der Waals surface area contributed by atoms with Crippen LogP contribution in [0.3, 0.4) is 0 Å². The zero-order chi connectivity index (χ0) is 26.0. The average molecular weight is 503 g/mol. The van der Waals surface area contributed by atoms with Crippen LogP contribution in [-0.2, 0) is 24.7 Å². The number of amides is 2. The number of hydrogen-bond acceptors (Lipinski definition) is 8. The number of Topliss-reactive ketones (excluding diaryl/α,β-unsaturated/α-hetero) is 1. The van der Waals surface area contributed by atoms with Crippen LogP contribution < -0.4 is 22.1 Å². The minimum absolute atomic E-state index is 0.0178. The molecule has 0 saturated carbocycles. The lowest BCUT2D eigenvalue weighted by Gasteiger charge is -2.34. The number of aromatic nitrogens is 1. The fraction of sp³-hybridized carbons (Fsp3) is 0.391. The Balaban J connectivity index is 2.13. The Bertz CT molecular complexity index is 1100. The van der Waals surface area contributed by atoms with E-state index in [4.69, 9.17) is 16.2 Å². The number of nitrogens with zero attached hydrogens (tertiary/aromatic N) is 2. The number of aliphatic imine (C=N–C) groups is 1. The van der Waals surface area contributed by atoms with Gasteiger partial charge in [-0.1, -0.05) is 41.7 Å². The van der Waals surface area contributed by atoms with Crippen LogP contribution in [0.15, 0.2) is 35.3 Å². The molecule has 1 heterocycles. The van der Waals surface area contributed by atoms with Crippen molar-refractivity contribution >= 4 is 46.0 Å². The fourth-order valence-electron chi connectivity index (χ4n) is 3.52. The Morgan fingerprint density at radius 2 is 1.83 bits per heavy atom. The van der Waals surface area contributed by atoms with Crippen molar-refractivity contribution in [1.29, 1.82) is 0 Å². The van der Waals surface area contributed by atoms with E-state index in [0.29, 0.717) is 16.1 Å². The van der Waals surface area contributed by atoms with E-state index in [2.05, 4.69) is 20.6 Å². The first-order valence-corrected chi connectivity index (χ1v) is 11.7. The normalized spacial score (nSPS) is 12.2. The van der Waals surface area contributed by atoms with Crippen LogP contribution >= 0.6 is 11.3 Å². The molecule has 11 nitrogen and oxygen atoms in total. The third-order valence-electron chi connectivity index (χ3n) is 4.86. The molecule has 0 aliphatic carbocycles. The first kappa shape index (κ1) is 27.4. The number of thiazole rings is 1. The van der Waals surface area contributed by atoms with Crippen molar-refractivity contribution in [1.82, 2.24) is 15.6 Å². The second-order valence-electron chi connectivity index (χ2n) is 7.81. The summed E-state index contributed by atoms with van der Waals surface area (Å²) in [7, 11) is 0. The second kappa shape index (κ2) is 12.6. The number of nitrogens with one attached hydrogen (secondary N) is 2. The Morgan fingerprint density at radius 3 is 2.43 bits per heavy atom. The van der Waals surface area contributed by atoms with Gasteiger partial charge in [0.2, 0.25) is 11.0 Å². The molecule has 1 aromatic heterocycles. The summed E-state index contributed by atoms with van der Waals surface area (Å²) in [6, 6.07) is 8.80. The number of esters is 1. The molecule has 2 rings (SSSR count). The average Bonchev–Trinajstić information content (AvgIpc) is 3.13. The Morgan fingerprint density at radius 1 is 1.14 bits per heavy atom. The van der Waals surface area contributed by atoms with E-state index in [1.807, 2.05) is 0 Å². The standard InChI is InChI=1S/C23H30N6O5S/c1-4-34-18(32)13-23(12-14(2)30,16-8-6-5-7-9-16)29-17(31)10-11-26-20(33)19-15(3)27-22(35-19)28-21(24)25/h5-9H,4,10-13H2,1-3H3,(H,26,33)(H,29,31)(H4,24,25,27,28). The fourth-order valence-corrected chi connectivity index (χ4v) is 4.39. The van der Waals surface area contributed by atoms with Gasteiger partial charge in [-0.3, -0.25) is 19.2 Å². The minimum Gasteiger partial charge on any atom is -0.466 e. The molecule has 35 heavy (non-hydrogen) atoms. The molecule has 1 atom stereocenters. The van der Waals surface area contributed by atoms with E-state index in [1.165, 1.54) is 6.92 Å². The van der Waals surface area contributed by atoms with Crippen LogP contribution in [0.25, 0.3) is 0 Å². The van der Waals surface area contributed by atoms with Gasteiger partial charge in [-0.25, -0.2) is 4.98 Å². The van der Waals surface area contributed by atoms with E-state index >= 15 is 0 Å².